The number of methoxy groups -OCH3 is 2. The molecule has 0 bridgehead atoms. The summed E-state index contributed by atoms with van der Waals surface area (Å²) in [7, 11) is 3.13. The number of piperidine rings is 1. The van der Waals surface area contributed by atoms with Crippen molar-refractivity contribution in [2.75, 3.05) is 20.8 Å². The number of nitrogens with zero attached hydrogens (tertiary/aromatic N) is 1. The monoisotopic (exact) mass is 409 g/mol. The normalized spacial score (nSPS) is 20.2. The molecule has 2 aromatic rings. The molecule has 6 heteroatoms. The van der Waals surface area contributed by atoms with Gasteiger partial charge in [-0.2, -0.15) is 0 Å². The minimum absolute atomic E-state index is 0.152. The molecule has 2 aliphatic rings. The second kappa shape index (κ2) is 8.40. The number of phenolic OH excluding ortho intramolecular Hbond substituents is 1. The Hall–Kier alpha value is -2.99. The molecule has 1 N–H and O–H groups in total. The second-order valence-electron chi connectivity index (χ2n) is 7.78. The lowest BCUT2D eigenvalue weighted by Gasteiger charge is -2.33. The van der Waals surface area contributed by atoms with Gasteiger partial charge in [0, 0.05) is 18.2 Å². The van der Waals surface area contributed by atoms with E-state index in [1.807, 2.05) is 12.1 Å². The number of carbonyl (C=O) groups excluding carboxylic acids is 1. The summed E-state index contributed by atoms with van der Waals surface area (Å²) in [4.78, 5) is 15.3. The number of allylic oxidation sites excluding steroid dienone is 1. The Kier molecular flexibility index (Phi) is 5.68. The van der Waals surface area contributed by atoms with Crippen LogP contribution < -0.4 is 14.2 Å². The van der Waals surface area contributed by atoms with Crippen LogP contribution in [0.2, 0.25) is 0 Å². The number of hydrogen-bond acceptors (Lipinski definition) is 6. The number of hydrogen-bond donors (Lipinski definition) is 1. The first-order valence-electron chi connectivity index (χ1n) is 10.3. The van der Waals surface area contributed by atoms with Crippen LogP contribution in [-0.4, -0.2) is 42.6 Å². The zero-order valence-electron chi connectivity index (χ0n) is 17.6. The molecule has 158 valence electrons. The SMILES string of the molecule is COc1cccc(/C=C2\Oc3c(ccc(O)c3CN3CCCC[C@@H]3C)C2=O)c1OC. The van der Waals surface area contributed by atoms with Gasteiger partial charge < -0.3 is 19.3 Å². The van der Waals surface area contributed by atoms with Crippen LogP contribution in [0.15, 0.2) is 36.1 Å². The molecule has 0 radical (unpaired) electrons. The number of para-hydroxylation sites is 1. The molecule has 0 saturated carbocycles. The maximum atomic E-state index is 13.0. The van der Waals surface area contributed by atoms with E-state index in [1.165, 1.54) is 6.42 Å². The highest BCUT2D eigenvalue weighted by atomic mass is 16.5. The summed E-state index contributed by atoms with van der Waals surface area (Å²) in [6, 6.07) is 9.10. The molecule has 1 fully saturated rings. The van der Waals surface area contributed by atoms with Gasteiger partial charge in [0.05, 0.1) is 25.3 Å². The molecule has 2 aromatic carbocycles. The fourth-order valence-corrected chi connectivity index (χ4v) is 4.21. The Morgan fingerprint density at radius 2 is 2.03 bits per heavy atom. The molecule has 0 aliphatic carbocycles. The van der Waals surface area contributed by atoms with Crippen molar-refractivity contribution in [1.29, 1.82) is 0 Å². The smallest absolute Gasteiger partial charge is 0.231 e. The van der Waals surface area contributed by atoms with Gasteiger partial charge in [0.25, 0.3) is 0 Å². The molecule has 0 unspecified atom stereocenters. The molecular formula is C24H27NO5. The number of likely N-dealkylation sites (tertiary alicyclic amines) is 1. The predicted molar refractivity (Wildman–Crippen MR) is 114 cm³/mol. The van der Waals surface area contributed by atoms with E-state index < -0.39 is 0 Å². The Bertz CT molecular complexity index is 997. The molecule has 0 aromatic heterocycles. The lowest BCUT2D eigenvalue weighted by atomic mass is 10.0. The Balaban J connectivity index is 1.69. The van der Waals surface area contributed by atoms with E-state index in [9.17, 15) is 9.90 Å². The maximum absolute atomic E-state index is 13.0. The number of fused-ring (bicyclic) bond motifs is 1. The number of aromatic hydroxyl groups is 1. The highest BCUT2D eigenvalue weighted by Gasteiger charge is 2.33. The van der Waals surface area contributed by atoms with Gasteiger partial charge in [0.15, 0.2) is 17.3 Å². The summed E-state index contributed by atoms with van der Waals surface area (Å²) in [6.07, 6.45) is 5.16. The van der Waals surface area contributed by atoms with Gasteiger partial charge in [-0.15, -0.1) is 0 Å². The average molecular weight is 409 g/mol. The zero-order chi connectivity index (χ0) is 21.3. The van der Waals surface area contributed by atoms with Crippen molar-refractivity contribution >= 4 is 11.9 Å². The predicted octanol–water partition coefficient (Wildman–Crippen LogP) is 4.40. The van der Waals surface area contributed by atoms with E-state index in [-0.39, 0.29) is 17.3 Å². The minimum Gasteiger partial charge on any atom is -0.507 e. The van der Waals surface area contributed by atoms with Crippen LogP contribution in [-0.2, 0) is 6.54 Å². The Labute approximate surface area is 176 Å². The molecular weight excluding hydrogens is 382 g/mol. The summed E-state index contributed by atoms with van der Waals surface area (Å²) < 4.78 is 16.8. The number of benzene rings is 2. The third kappa shape index (κ3) is 3.63. The molecule has 2 heterocycles. The van der Waals surface area contributed by atoms with Crippen molar-refractivity contribution in [2.45, 2.75) is 38.8 Å². The summed E-state index contributed by atoms with van der Waals surface area (Å²) in [6.45, 7) is 3.73. The first-order chi connectivity index (χ1) is 14.5. The Morgan fingerprint density at radius 3 is 2.77 bits per heavy atom. The summed E-state index contributed by atoms with van der Waals surface area (Å²) >= 11 is 0. The van der Waals surface area contributed by atoms with Crippen LogP contribution in [0.3, 0.4) is 0 Å². The van der Waals surface area contributed by atoms with Crippen molar-refractivity contribution in [3.05, 3.63) is 52.8 Å². The molecule has 0 spiro atoms. The molecule has 2 aliphatic heterocycles. The molecule has 0 amide bonds. The van der Waals surface area contributed by atoms with Crippen molar-refractivity contribution in [3.63, 3.8) is 0 Å². The van der Waals surface area contributed by atoms with E-state index in [0.717, 1.165) is 19.4 Å². The van der Waals surface area contributed by atoms with E-state index in [2.05, 4.69) is 11.8 Å². The molecule has 30 heavy (non-hydrogen) atoms. The number of phenols is 1. The summed E-state index contributed by atoms with van der Waals surface area (Å²) in [5.41, 5.74) is 1.82. The fraction of sp³-hybridized carbons (Fsp3) is 0.375. The molecule has 1 saturated heterocycles. The van der Waals surface area contributed by atoms with Crippen LogP contribution in [0.25, 0.3) is 6.08 Å². The number of rotatable bonds is 5. The Morgan fingerprint density at radius 1 is 1.20 bits per heavy atom. The van der Waals surface area contributed by atoms with E-state index in [4.69, 9.17) is 14.2 Å². The van der Waals surface area contributed by atoms with Gasteiger partial charge in [-0.1, -0.05) is 18.6 Å². The van der Waals surface area contributed by atoms with E-state index in [0.29, 0.717) is 46.5 Å². The van der Waals surface area contributed by atoms with Crippen LogP contribution >= 0.6 is 0 Å². The molecule has 6 nitrogen and oxygen atoms in total. The number of carbonyl (C=O) groups is 1. The van der Waals surface area contributed by atoms with Crippen LogP contribution in [0, 0.1) is 0 Å². The van der Waals surface area contributed by atoms with E-state index in [1.54, 1.807) is 38.5 Å². The van der Waals surface area contributed by atoms with Gasteiger partial charge in [0.2, 0.25) is 5.78 Å². The number of ether oxygens (including phenoxy) is 3. The van der Waals surface area contributed by atoms with Gasteiger partial charge in [0.1, 0.15) is 11.5 Å². The summed E-state index contributed by atoms with van der Waals surface area (Å²) in [5, 5.41) is 10.5. The minimum atomic E-state index is -0.206. The topological polar surface area (TPSA) is 68.2 Å². The largest absolute Gasteiger partial charge is 0.507 e. The zero-order valence-corrected chi connectivity index (χ0v) is 17.6. The summed E-state index contributed by atoms with van der Waals surface area (Å²) in [5.74, 6) is 1.71. The van der Waals surface area contributed by atoms with Gasteiger partial charge in [-0.3, -0.25) is 9.69 Å². The highest BCUT2D eigenvalue weighted by molar-refractivity contribution is 6.15. The lowest BCUT2D eigenvalue weighted by Crippen LogP contribution is -2.36. The van der Waals surface area contributed by atoms with Crippen molar-refractivity contribution in [3.8, 4) is 23.0 Å². The van der Waals surface area contributed by atoms with Gasteiger partial charge in [-0.25, -0.2) is 0 Å². The first-order valence-corrected chi connectivity index (χ1v) is 10.3. The number of Topliss-reactive ketones (excluding diaryl/α,β-unsaturated/α-hetero) is 1. The second-order valence-corrected chi connectivity index (χ2v) is 7.78. The first kappa shape index (κ1) is 20.3. The van der Waals surface area contributed by atoms with Gasteiger partial charge >= 0.3 is 0 Å². The average Bonchev–Trinajstić information content (AvgIpc) is 3.06. The van der Waals surface area contributed by atoms with E-state index >= 15 is 0 Å². The van der Waals surface area contributed by atoms with Crippen molar-refractivity contribution in [1.82, 2.24) is 4.90 Å². The number of ketones is 1. The highest BCUT2D eigenvalue weighted by Crippen LogP contribution is 2.41. The lowest BCUT2D eigenvalue weighted by molar-refractivity contribution is 0.101. The van der Waals surface area contributed by atoms with Crippen LogP contribution in [0.1, 0.15) is 47.7 Å². The molecule has 4 rings (SSSR count). The maximum Gasteiger partial charge on any atom is 0.231 e. The van der Waals surface area contributed by atoms with Gasteiger partial charge in [-0.05, 0) is 50.6 Å². The van der Waals surface area contributed by atoms with Crippen LogP contribution in [0.4, 0.5) is 0 Å². The van der Waals surface area contributed by atoms with Crippen LogP contribution in [0.5, 0.6) is 23.0 Å². The third-order valence-corrected chi connectivity index (χ3v) is 5.94. The standard InChI is InChI=1S/C24H27NO5/c1-15-7-4-5-12-25(15)14-18-19(26)11-10-17-22(27)21(30-24(17)18)13-16-8-6-9-20(28-2)23(16)29-3/h6,8-11,13,15,26H,4-5,7,12,14H2,1-3H3/b21-13-/t15-/m0/s1. The van der Waals surface area contributed by atoms with Crippen molar-refractivity contribution in [2.24, 2.45) is 0 Å². The fourth-order valence-electron chi connectivity index (χ4n) is 4.21. The molecule has 1 atom stereocenters. The third-order valence-electron chi connectivity index (χ3n) is 5.94. The van der Waals surface area contributed by atoms with Crippen molar-refractivity contribution < 1.29 is 24.1 Å². The quantitative estimate of drug-likeness (QED) is 0.739.